The first-order chi connectivity index (χ1) is 18.7. The minimum absolute atomic E-state index is 0.0637. The lowest BCUT2D eigenvalue weighted by molar-refractivity contribution is -0.155. The molecular formula is C27H32F3N5O4S. The second kappa shape index (κ2) is 12.2. The minimum Gasteiger partial charge on any atom is -0.463 e. The third-order valence-electron chi connectivity index (χ3n) is 6.20. The fraction of sp³-hybridized carbons (Fsp3) is 0.370. The molecule has 0 saturated heterocycles. The average molecular weight is 580 g/mol. The Hall–Kier alpha value is -3.71. The lowest BCUT2D eigenvalue weighted by atomic mass is 9.87. The van der Waals surface area contributed by atoms with Gasteiger partial charge in [0.1, 0.15) is 12.9 Å². The molecule has 0 aliphatic rings. The van der Waals surface area contributed by atoms with Crippen molar-refractivity contribution in [3.63, 3.8) is 0 Å². The van der Waals surface area contributed by atoms with Crippen LogP contribution in [0.25, 0.3) is 0 Å². The minimum atomic E-state index is -4.58. The van der Waals surface area contributed by atoms with Crippen molar-refractivity contribution in [2.45, 2.75) is 52.4 Å². The summed E-state index contributed by atoms with van der Waals surface area (Å²) in [5, 5.41) is 9.86. The Bertz CT molecular complexity index is 1410. The van der Waals surface area contributed by atoms with Gasteiger partial charge in [-0.05, 0) is 56.5 Å². The second-order valence-electron chi connectivity index (χ2n) is 10.2. The molecule has 0 fully saturated rings. The number of rotatable bonds is 9. The summed E-state index contributed by atoms with van der Waals surface area (Å²) in [7, 11) is 0. The van der Waals surface area contributed by atoms with E-state index in [1.807, 2.05) is 0 Å². The maximum atomic E-state index is 13.5. The van der Waals surface area contributed by atoms with E-state index in [4.69, 9.17) is 20.3 Å². The molecule has 1 heterocycles. The predicted octanol–water partition coefficient (Wildman–Crippen LogP) is 5.87. The fourth-order valence-corrected chi connectivity index (χ4v) is 4.47. The lowest BCUT2D eigenvalue weighted by Crippen LogP contribution is -2.45. The molecule has 0 spiro atoms. The van der Waals surface area contributed by atoms with Gasteiger partial charge in [-0.15, -0.1) is 0 Å². The molecule has 0 radical (unpaired) electrons. The van der Waals surface area contributed by atoms with Gasteiger partial charge in [0.05, 0.1) is 34.4 Å². The summed E-state index contributed by atoms with van der Waals surface area (Å²) < 4.78 is 55.5. The molecule has 5 N–H and O–H groups in total. The SMILES string of the molecule is CCC(COC(=O)C(C)(C)C)(NSC(=O)Nc1cccc(Cn2ccoc2=N)c1N)c1cccc(C(F)(F)F)c1. The monoisotopic (exact) mass is 579 g/mol. The number of ether oxygens (including phenoxy) is 1. The smallest absolute Gasteiger partial charge is 0.416 e. The number of carbonyl (C=O) groups is 2. The highest BCUT2D eigenvalue weighted by Gasteiger charge is 2.38. The van der Waals surface area contributed by atoms with Crippen LogP contribution in [0, 0.1) is 10.8 Å². The summed E-state index contributed by atoms with van der Waals surface area (Å²) in [5.41, 5.74) is 4.61. The summed E-state index contributed by atoms with van der Waals surface area (Å²) in [6.45, 7) is 6.64. The maximum absolute atomic E-state index is 13.5. The van der Waals surface area contributed by atoms with E-state index in [-0.39, 0.29) is 36.5 Å². The van der Waals surface area contributed by atoms with Crippen molar-refractivity contribution in [1.29, 1.82) is 5.41 Å². The normalized spacial score (nSPS) is 13.5. The van der Waals surface area contributed by atoms with E-state index in [0.29, 0.717) is 23.2 Å². The molecule has 3 rings (SSSR count). The first kappa shape index (κ1) is 30.8. The molecular weight excluding hydrogens is 547 g/mol. The van der Waals surface area contributed by atoms with Gasteiger partial charge in [0.15, 0.2) is 0 Å². The largest absolute Gasteiger partial charge is 0.463 e. The Morgan fingerprint density at radius 2 is 1.80 bits per heavy atom. The van der Waals surface area contributed by atoms with Gasteiger partial charge in [0.2, 0.25) is 0 Å². The predicted molar refractivity (Wildman–Crippen MR) is 146 cm³/mol. The van der Waals surface area contributed by atoms with E-state index in [9.17, 15) is 22.8 Å². The van der Waals surface area contributed by atoms with Gasteiger partial charge in [-0.2, -0.15) is 13.2 Å². The molecule has 2 aromatic carbocycles. The van der Waals surface area contributed by atoms with Gasteiger partial charge >= 0.3 is 12.1 Å². The molecule has 0 aliphatic carbocycles. The summed E-state index contributed by atoms with van der Waals surface area (Å²) in [6.07, 6.45) is -1.44. The Kier molecular flexibility index (Phi) is 9.41. The Morgan fingerprint density at radius 1 is 1.12 bits per heavy atom. The zero-order valence-electron chi connectivity index (χ0n) is 22.5. The first-order valence-corrected chi connectivity index (χ1v) is 13.1. The number of halogens is 3. The zero-order chi connectivity index (χ0) is 29.7. The summed E-state index contributed by atoms with van der Waals surface area (Å²) >= 11 is 0.614. The number of hydrogen-bond donors (Lipinski definition) is 4. The number of nitrogens with zero attached hydrogens (tertiary/aromatic N) is 1. The number of nitrogen functional groups attached to an aromatic ring is 1. The van der Waals surface area contributed by atoms with Gasteiger partial charge in [0, 0.05) is 18.1 Å². The molecule has 9 nitrogen and oxygen atoms in total. The van der Waals surface area contributed by atoms with E-state index in [2.05, 4.69) is 10.0 Å². The average Bonchev–Trinajstić information content (AvgIpc) is 3.29. The van der Waals surface area contributed by atoms with Crippen LogP contribution in [0.2, 0.25) is 0 Å². The van der Waals surface area contributed by atoms with Crippen molar-refractivity contribution in [3.05, 3.63) is 77.3 Å². The molecule has 13 heteroatoms. The van der Waals surface area contributed by atoms with Gasteiger partial charge in [-0.25, -0.2) is 4.72 Å². The molecule has 1 atom stereocenters. The number of aromatic nitrogens is 1. The van der Waals surface area contributed by atoms with Gasteiger partial charge in [0.25, 0.3) is 10.9 Å². The van der Waals surface area contributed by atoms with Crippen LogP contribution >= 0.6 is 11.9 Å². The van der Waals surface area contributed by atoms with Crippen molar-refractivity contribution < 1.29 is 31.9 Å². The zero-order valence-corrected chi connectivity index (χ0v) is 23.3. The topological polar surface area (TPSA) is 135 Å². The molecule has 0 saturated carbocycles. The van der Waals surface area contributed by atoms with Crippen molar-refractivity contribution in [2.24, 2.45) is 5.41 Å². The Labute approximate surface area is 233 Å². The molecule has 1 amide bonds. The van der Waals surface area contributed by atoms with Gasteiger partial charge in [-0.3, -0.25) is 19.6 Å². The van der Waals surface area contributed by atoms with Crippen LogP contribution < -0.4 is 21.5 Å². The summed E-state index contributed by atoms with van der Waals surface area (Å²) in [6, 6.07) is 9.73. The van der Waals surface area contributed by atoms with E-state index in [0.717, 1.165) is 12.1 Å². The van der Waals surface area contributed by atoms with Crippen molar-refractivity contribution in [1.82, 2.24) is 9.29 Å². The third-order valence-corrected chi connectivity index (χ3v) is 6.98. The van der Waals surface area contributed by atoms with Crippen LogP contribution in [0.1, 0.15) is 50.8 Å². The standard InChI is InChI=1S/C27H32F3N5O4S/c1-5-26(16-39-22(36)25(2,3)4,18-9-7-10-19(14-18)27(28,29)30)34-40-24(37)33-20-11-6-8-17(21(20)31)15-35-12-13-38-23(35)32/h6-14,32,34H,5,15-16,31H2,1-4H3,(H,33,37). The van der Waals surface area contributed by atoms with Crippen LogP contribution in [0.5, 0.6) is 0 Å². The van der Waals surface area contributed by atoms with Crippen molar-refractivity contribution >= 4 is 34.5 Å². The number of esters is 1. The highest BCUT2D eigenvalue weighted by Crippen LogP contribution is 2.35. The molecule has 0 bridgehead atoms. The molecule has 3 aromatic rings. The number of para-hydroxylation sites is 1. The number of oxazole rings is 1. The summed E-state index contributed by atoms with van der Waals surface area (Å²) in [5.74, 6) is -0.538. The van der Waals surface area contributed by atoms with Crippen LogP contribution in [-0.2, 0) is 27.8 Å². The van der Waals surface area contributed by atoms with Crippen LogP contribution in [0.3, 0.4) is 0 Å². The number of anilines is 2. The van der Waals surface area contributed by atoms with Crippen LogP contribution in [0.4, 0.5) is 29.3 Å². The number of alkyl halides is 3. The lowest BCUT2D eigenvalue weighted by Gasteiger charge is -2.34. The summed E-state index contributed by atoms with van der Waals surface area (Å²) in [4.78, 5) is 25.5. The maximum Gasteiger partial charge on any atom is 0.416 e. The number of benzene rings is 2. The molecule has 0 aliphatic heterocycles. The van der Waals surface area contributed by atoms with Crippen molar-refractivity contribution in [3.8, 4) is 0 Å². The first-order valence-electron chi connectivity index (χ1n) is 12.3. The fourth-order valence-electron chi connectivity index (χ4n) is 3.70. The van der Waals surface area contributed by atoms with E-state index >= 15 is 0 Å². The molecule has 1 aromatic heterocycles. The van der Waals surface area contributed by atoms with E-state index < -0.39 is 33.9 Å². The number of hydrogen-bond acceptors (Lipinski definition) is 8. The molecule has 40 heavy (non-hydrogen) atoms. The van der Waals surface area contributed by atoms with Crippen LogP contribution in [0.15, 0.2) is 59.3 Å². The number of carbonyl (C=O) groups excluding carboxylic acids is 2. The quantitative estimate of drug-likeness (QED) is 0.141. The highest BCUT2D eigenvalue weighted by molar-refractivity contribution is 8.12. The Balaban J connectivity index is 1.83. The highest BCUT2D eigenvalue weighted by atomic mass is 32.2. The Morgan fingerprint density at radius 3 is 2.40 bits per heavy atom. The van der Waals surface area contributed by atoms with E-state index in [1.165, 1.54) is 23.0 Å². The van der Waals surface area contributed by atoms with Crippen molar-refractivity contribution in [2.75, 3.05) is 17.7 Å². The number of nitrogens with two attached hydrogens (primary N) is 1. The number of nitrogens with one attached hydrogen (secondary N) is 3. The van der Waals surface area contributed by atoms with E-state index in [1.54, 1.807) is 52.1 Å². The van der Waals surface area contributed by atoms with Gasteiger partial charge in [-0.1, -0.05) is 31.2 Å². The van der Waals surface area contributed by atoms with Gasteiger partial charge < -0.3 is 20.2 Å². The second-order valence-corrected chi connectivity index (χ2v) is 11.0. The third kappa shape index (κ3) is 7.48. The number of amides is 1. The van der Waals surface area contributed by atoms with Crippen LogP contribution in [-0.4, -0.2) is 22.4 Å². The molecule has 216 valence electrons. The molecule has 1 unspecified atom stereocenters.